The van der Waals surface area contributed by atoms with Gasteiger partial charge in [-0.3, -0.25) is 0 Å². The number of aromatic nitrogens is 1. The zero-order valence-electron chi connectivity index (χ0n) is 11.2. The predicted molar refractivity (Wildman–Crippen MR) is 79.8 cm³/mol. The minimum atomic E-state index is 0.304. The average molecular weight is 299 g/mol. The topological polar surface area (TPSA) is 52.0 Å². The average Bonchev–Trinajstić information content (AvgIpc) is 2.78. The van der Waals surface area contributed by atoms with Crippen LogP contribution in [-0.2, 0) is 0 Å². The Kier molecular flexibility index (Phi) is 5.44. The van der Waals surface area contributed by atoms with Crippen LogP contribution in [-0.4, -0.2) is 36.1 Å². The lowest BCUT2D eigenvalue weighted by molar-refractivity contribution is 0.204. The number of rotatable bonds is 5. The van der Waals surface area contributed by atoms with E-state index in [2.05, 4.69) is 22.1 Å². The van der Waals surface area contributed by atoms with E-state index in [1.807, 2.05) is 6.07 Å². The molecule has 1 atom stereocenters. The molecule has 0 amide bonds. The monoisotopic (exact) mass is 298 g/mol. The molecule has 19 heavy (non-hydrogen) atoms. The molecule has 1 saturated heterocycles. The van der Waals surface area contributed by atoms with Crippen LogP contribution < -0.4 is 5.32 Å². The number of hydrogen-bond acceptors (Lipinski definition) is 5. The number of nitrogens with zero attached hydrogens (tertiary/aromatic N) is 3. The van der Waals surface area contributed by atoms with Gasteiger partial charge in [-0.25, -0.2) is 4.98 Å². The zero-order valence-corrected chi connectivity index (χ0v) is 12.7. The summed E-state index contributed by atoms with van der Waals surface area (Å²) in [4.78, 5) is 7.15. The summed E-state index contributed by atoms with van der Waals surface area (Å²) in [6, 6.07) is 2.04. The summed E-state index contributed by atoms with van der Waals surface area (Å²) in [5.74, 6) is 0.561. The highest BCUT2D eigenvalue weighted by molar-refractivity contribution is 7.16. The van der Waals surface area contributed by atoms with Crippen LogP contribution >= 0.6 is 22.9 Å². The molecule has 1 aliphatic heterocycles. The molecule has 1 aliphatic rings. The van der Waals surface area contributed by atoms with Crippen LogP contribution in [0.4, 0.5) is 5.13 Å². The third-order valence-electron chi connectivity index (χ3n) is 3.31. The molecule has 2 heterocycles. The van der Waals surface area contributed by atoms with Gasteiger partial charge in [-0.1, -0.05) is 36.3 Å². The number of likely N-dealkylation sites (tertiary alicyclic amines) is 1. The van der Waals surface area contributed by atoms with Gasteiger partial charge in [0.2, 0.25) is 0 Å². The molecule has 0 spiro atoms. The highest BCUT2D eigenvalue weighted by Gasteiger charge is 2.14. The Bertz CT molecular complexity index is 448. The van der Waals surface area contributed by atoms with Crippen molar-refractivity contribution in [3.8, 4) is 6.07 Å². The molecule has 1 N–H and O–H groups in total. The van der Waals surface area contributed by atoms with Gasteiger partial charge in [0.25, 0.3) is 0 Å². The van der Waals surface area contributed by atoms with Crippen LogP contribution in [0.1, 0.15) is 31.1 Å². The second kappa shape index (κ2) is 7.09. The first-order valence-electron chi connectivity index (χ1n) is 6.71. The fraction of sp³-hybridized carbons (Fsp3) is 0.692. The van der Waals surface area contributed by atoms with E-state index in [-0.39, 0.29) is 0 Å². The molecule has 0 saturated carbocycles. The molecule has 0 bridgehead atoms. The molecule has 1 aromatic rings. The quantitative estimate of drug-likeness (QED) is 0.907. The van der Waals surface area contributed by atoms with Crippen molar-refractivity contribution in [3.05, 3.63) is 10.0 Å². The Morgan fingerprint density at radius 3 is 2.84 bits per heavy atom. The summed E-state index contributed by atoms with van der Waals surface area (Å²) in [6.07, 6.45) is 4.03. The van der Waals surface area contributed by atoms with E-state index in [9.17, 15) is 0 Å². The van der Waals surface area contributed by atoms with Gasteiger partial charge in [-0.2, -0.15) is 5.26 Å². The number of thiazole rings is 1. The molecule has 6 heteroatoms. The van der Waals surface area contributed by atoms with E-state index in [1.165, 1.54) is 43.7 Å². The first-order chi connectivity index (χ1) is 9.19. The predicted octanol–water partition coefficient (Wildman–Crippen LogP) is 3.20. The summed E-state index contributed by atoms with van der Waals surface area (Å²) in [6.45, 7) is 6.68. The van der Waals surface area contributed by atoms with Crippen molar-refractivity contribution in [3.63, 3.8) is 0 Å². The van der Waals surface area contributed by atoms with Gasteiger partial charge in [0.15, 0.2) is 10.3 Å². The van der Waals surface area contributed by atoms with Crippen LogP contribution in [0, 0.1) is 17.2 Å². The van der Waals surface area contributed by atoms with Crippen LogP contribution in [0.5, 0.6) is 0 Å². The van der Waals surface area contributed by atoms with Crippen LogP contribution in [0.25, 0.3) is 0 Å². The van der Waals surface area contributed by atoms with Crippen molar-refractivity contribution in [2.45, 2.75) is 26.2 Å². The second-order valence-corrected chi connectivity index (χ2v) is 6.46. The molecular formula is C13H19ClN4S. The number of hydrogen-bond donors (Lipinski definition) is 1. The minimum Gasteiger partial charge on any atom is -0.361 e. The summed E-state index contributed by atoms with van der Waals surface area (Å²) < 4.78 is 0. The van der Waals surface area contributed by atoms with Crippen LogP contribution in [0.3, 0.4) is 0 Å². The van der Waals surface area contributed by atoms with Crippen molar-refractivity contribution >= 4 is 28.1 Å². The number of nitriles is 1. The van der Waals surface area contributed by atoms with Crippen molar-refractivity contribution < 1.29 is 0 Å². The summed E-state index contributed by atoms with van der Waals surface area (Å²) >= 11 is 7.16. The molecule has 1 aromatic heterocycles. The fourth-order valence-electron chi connectivity index (χ4n) is 2.35. The molecule has 1 fully saturated rings. The summed E-state index contributed by atoms with van der Waals surface area (Å²) in [7, 11) is 0. The summed E-state index contributed by atoms with van der Waals surface area (Å²) in [5, 5.41) is 13.1. The lowest BCUT2D eigenvalue weighted by Crippen LogP contribution is -2.35. The van der Waals surface area contributed by atoms with Gasteiger partial charge in [-0.05, 0) is 31.8 Å². The van der Waals surface area contributed by atoms with E-state index >= 15 is 0 Å². The third-order valence-corrected chi connectivity index (χ3v) is 4.61. The van der Waals surface area contributed by atoms with Crippen LogP contribution in [0.2, 0.25) is 5.15 Å². The van der Waals surface area contributed by atoms with Gasteiger partial charge in [0, 0.05) is 13.1 Å². The van der Waals surface area contributed by atoms with Gasteiger partial charge in [-0.15, -0.1) is 0 Å². The molecule has 104 valence electrons. The van der Waals surface area contributed by atoms with E-state index in [0.29, 0.717) is 15.9 Å². The molecular weight excluding hydrogens is 280 g/mol. The minimum absolute atomic E-state index is 0.304. The van der Waals surface area contributed by atoms with Gasteiger partial charge in [0.05, 0.1) is 0 Å². The van der Waals surface area contributed by atoms with Crippen molar-refractivity contribution in [1.29, 1.82) is 5.26 Å². The number of nitrogens with one attached hydrogen (secondary N) is 1. The Labute approximate surface area is 123 Å². The normalized spacial score (nSPS) is 17.9. The first kappa shape index (κ1) is 14.6. The number of anilines is 1. The van der Waals surface area contributed by atoms with E-state index < -0.39 is 0 Å². The molecule has 0 aromatic carbocycles. The smallest absolute Gasteiger partial charge is 0.185 e. The number of halogens is 1. The highest BCUT2D eigenvalue weighted by Crippen LogP contribution is 2.26. The fourth-order valence-corrected chi connectivity index (χ4v) is 3.31. The molecule has 4 nitrogen and oxygen atoms in total. The van der Waals surface area contributed by atoms with Crippen molar-refractivity contribution in [1.82, 2.24) is 9.88 Å². The maximum atomic E-state index is 8.83. The van der Waals surface area contributed by atoms with E-state index in [4.69, 9.17) is 16.9 Å². The van der Waals surface area contributed by atoms with Gasteiger partial charge in [0.1, 0.15) is 10.9 Å². The lowest BCUT2D eigenvalue weighted by atomic mass is 10.1. The molecule has 0 aliphatic carbocycles. The largest absolute Gasteiger partial charge is 0.361 e. The molecule has 2 rings (SSSR count). The Balaban J connectivity index is 1.76. The zero-order chi connectivity index (χ0) is 13.7. The van der Waals surface area contributed by atoms with Crippen LogP contribution in [0.15, 0.2) is 0 Å². The maximum Gasteiger partial charge on any atom is 0.185 e. The Hall–Kier alpha value is -0.830. The molecule has 1 unspecified atom stereocenters. The Morgan fingerprint density at radius 1 is 1.47 bits per heavy atom. The maximum absolute atomic E-state index is 8.83. The SMILES string of the molecule is CC(CNc1nc(Cl)c(C#N)s1)CN1CCCCC1. The van der Waals surface area contributed by atoms with Crippen molar-refractivity contribution in [2.24, 2.45) is 5.92 Å². The van der Waals surface area contributed by atoms with E-state index in [1.54, 1.807) is 0 Å². The standard InChI is InChI=1S/C13H19ClN4S/c1-10(9-18-5-3-2-4-6-18)8-16-13-17-12(14)11(7-15)19-13/h10H,2-6,8-9H2,1H3,(H,16,17). The van der Waals surface area contributed by atoms with Crippen molar-refractivity contribution in [2.75, 3.05) is 31.5 Å². The highest BCUT2D eigenvalue weighted by atomic mass is 35.5. The Morgan fingerprint density at radius 2 is 2.21 bits per heavy atom. The second-order valence-electron chi connectivity index (χ2n) is 5.10. The number of piperidine rings is 1. The van der Waals surface area contributed by atoms with Gasteiger partial charge >= 0.3 is 0 Å². The van der Waals surface area contributed by atoms with Gasteiger partial charge < -0.3 is 10.2 Å². The lowest BCUT2D eigenvalue weighted by Gasteiger charge is -2.29. The first-order valence-corrected chi connectivity index (χ1v) is 7.91. The summed E-state index contributed by atoms with van der Waals surface area (Å²) in [5.41, 5.74) is 0. The van der Waals surface area contributed by atoms with E-state index in [0.717, 1.165) is 18.2 Å². The third kappa shape index (κ3) is 4.34. The molecule has 0 radical (unpaired) electrons.